The van der Waals surface area contributed by atoms with E-state index in [2.05, 4.69) is 0 Å². The lowest BCUT2D eigenvalue weighted by Gasteiger charge is -1.62. The average molecular weight is 73.1 g/mol. The van der Waals surface area contributed by atoms with Gasteiger partial charge in [0.15, 0.2) is 5.78 Å². The van der Waals surface area contributed by atoms with E-state index in [0.29, 0.717) is 0 Å². The highest BCUT2D eigenvalue weighted by molar-refractivity contribution is 5.86. The SMILES string of the molecule is [2H]C([2H])=C([2H])C(C)=O. The van der Waals surface area contributed by atoms with E-state index in [1.807, 2.05) is 0 Å². The van der Waals surface area contributed by atoms with Gasteiger partial charge in [-0.25, -0.2) is 0 Å². The van der Waals surface area contributed by atoms with Gasteiger partial charge < -0.3 is 0 Å². The first-order chi connectivity index (χ1) is 3.55. The molecule has 0 N–H and O–H groups in total. The molecule has 0 amide bonds. The summed E-state index contributed by atoms with van der Waals surface area (Å²) >= 11 is 0. The van der Waals surface area contributed by atoms with E-state index in [1.54, 1.807) is 0 Å². The molecule has 1 heteroatoms. The van der Waals surface area contributed by atoms with E-state index in [1.165, 1.54) is 0 Å². The van der Waals surface area contributed by atoms with Crippen molar-refractivity contribution in [3.05, 3.63) is 12.6 Å². The standard InChI is InChI=1S/C4H6O/c1-3-4(2)5/h3H,1H2,2H3/i1D2,3D. The second-order valence-corrected chi connectivity index (χ2v) is 0.681. The van der Waals surface area contributed by atoms with E-state index in [9.17, 15) is 4.79 Å². The van der Waals surface area contributed by atoms with Crippen molar-refractivity contribution in [1.29, 1.82) is 0 Å². The molecule has 0 aromatic heterocycles. The monoisotopic (exact) mass is 73.1 g/mol. The van der Waals surface area contributed by atoms with Crippen LogP contribution < -0.4 is 0 Å². The van der Waals surface area contributed by atoms with Crippen LogP contribution in [0.1, 0.15) is 11.0 Å². The van der Waals surface area contributed by atoms with E-state index in [-0.39, 0.29) is 0 Å². The molecule has 0 aromatic rings. The zero-order valence-corrected chi connectivity index (χ0v) is 2.91. The minimum Gasteiger partial charge on any atom is -0.295 e. The van der Waals surface area contributed by atoms with Crippen LogP contribution in [0.4, 0.5) is 0 Å². The van der Waals surface area contributed by atoms with Gasteiger partial charge >= 0.3 is 0 Å². The van der Waals surface area contributed by atoms with Gasteiger partial charge in [-0.2, -0.15) is 0 Å². The summed E-state index contributed by atoms with van der Waals surface area (Å²) in [6.45, 7) is 0.434. The van der Waals surface area contributed by atoms with Crippen LogP contribution >= 0.6 is 0 Å². The summed E-state index contributed by atoms with van der Waals surface area (Å²) in [4.78, 5) is 10.1. The van der Waals surface area contributed by atoms with Gasteiger partial charge in [0.2, 0.25) is 0 Å². The van der Waals surface area contributed by atoms with Gasteiger partial charge in [0.25, 0.3) is 0 Å². The lowest BCUT2D eigenvalue weighted by molar-refractivity contribution is -0.112. The molecule has 0 aromatic carbocycles. The van der Waals surface area contributed by atoms with Gasteiger partial charge in [-0.1, -0.05) is 6.53 Å². The fraction of sp³-hybridized carbons (Fsp3) is 0.250. The molecular formula is C4H6O. The quantitative estimate of drug-likeness (QED) is 0.419. The minimum absolute atomic E-state index is 0.537. The maximum absolute atomic E-state index is 10.1. The van der Waals surface area contributed by atoms with Crippen LogP contribution in [0.25, 0.3) is 0 Å². The molecule has 0 saturated heterocycles. The lowest BCUT2D eigenvalue weighted by atomic mass is 10.5. The molecule has 0 atom stereocenters. The largest absolute Gasteiger partial charge is 0.295 e. The van der Waals surface area contributed by atoms with Gasteiger partial charge in [-0.3, -0.25) is 4.79 Å². The molecule has 0 bridgehead atoms. The summed E-state index contributed by atoms with van der Waals surface area (Å²) in [5.41, 5.74) is 0. The van der Waals surface area contributed by atoms with E-state index in [4.69, 9.17) is 4.11 Å². The second-order valence-electron chi connectivity index (χ2n) is 0.681. The Kier molecular flexibility index (Phi) is 0.425. The maximum Gasteiger partial charge on any atom is 0.152 e. The summed E-state index contributed by atoms with van der Waals surface area (Å²) in [7, 11) is 0. The van der Waals surface area contributed by atoms with Crippen LogP contribution in [0.2, 0.25) is 0 Å². The van der Waals surface area contributed by atoms with E-state index < -0.39 is 18.4 Å². The first-order valence-electron chi connectivity index (χ1n) is 2.70. The summed E-state index contributed by atoms with van der Waals surface area (Å²) in [6.07, 6.45) is 0. The molecule has 28 valence electrons. The number of carbonyl (C=O) groups excluding carboxylic acids is 1. The third-order valence-corrected chi connectivity index (χ3v) is 0.176. The van der Waals surface area contributed by atoms with Crippen molar-refractivity contribution >= 4 is 5.78 Å². The van der Waals surface area contributed by atoms with Gasteiger partial charge in [0, 0.05) is 0 Å². The Morgan fingerprint density at radius 2 is 3.20 bits per heavy atom. The fourth-order valence-electron chi connectivity index (χ4n) is 0. The Morgan fingerprint density at radius 3 is 3.20 bits per heavy atom. The Bertz CT molecular complexity index is 134. The van der Waals surface area contributed by atoms with Crippen molar-refractivity contribution in [2.45, 2.75) is 6.92 Å². The molecule has 5 heavy (non-hydrogen) atoms. The van der Waals surface area contributed by atoms with Gasteiger partial charge in [0.05, 0.1) is 4.11 Å². The zero-order chi connectivity index (χ0) is 6.73. The molecular weight excluding hydrogens is 64.0 g/mol. The summed E-state index contributed by atoms with van der Waals surface area (Å²) in [5, 5.41) is 0. The average Bonchev–Trinajstić information content (AvgIpc) is 1.64. The number of ketones is 1. The molecule has 0 radical (unpaired) electrons. The Hall–Kier alpha value is -0.590. The number of rotatable bonds is 1. The molecule has 0 fully saturated rings. The highest BCUT2D eigenvalue weighted by Crippen LogP contribution is 1.60. The molecule has 0 aliphatic rings. The van der Waals surface area contributed by atoms with Crippen molar-refractivity contribution in [1.82, 2.24) is 0 Å². The zero-order valence-electron chi connectivity index (χ0n) is 5.91. The molecule has 0 spiro atoms. The van der Waals surface area contributed by atoms with Crippen molar-refractivity contribution < 1.29 is 8.91 Å². The number of hydrogen-bond donors (Lipinski definition) is 0. The van der Waals surface area contributed by atoms with E-state index >= 15 is 0 Å². The van der Waals surface area contributed by atoms with E-state index in [0.717, 1.165) is 6.92 Å². The van der Waals surface area contributed by atoms with Gasteiger partial charge in [0.1, 0.15) is 0 Å². The first-order valence-corrected chi connectivity index (χ1v) is 1.20. The van der Waals surface area contributed by atoms with Crippen LogP contribution in [0, 0.1) is 0 Å². The smallest absolute Gasteiger partial charge is 0.152 e. The molecule has 0 aliphatic carbocycles. The molecule has 0 heterocycles. The minimum atomic E-state index is -0.725. The highest BCUT2D eigenvalue weighted by Gasteiger charge is 1.69. The van der Waals surface area contributed by atoms with Crippen molar-refractivity contribution in [3.8, 4) is 0 Å². The summed E-state index contributed by atoms with van der Waals surface area (Å²) < 4.78 is 19.5. The van der Waals surface area contributed by atoms with Crippen molar-refractivity contribution in [3.63, 3.8) is 0 Å². The van der Waals surface area contributed by atoms with Crippen molar-refractivity contribution in [2.24, 2.45) is 0 Å². The topological polar surface area (TPSA) is 17.1 Å². The van der Waals surface area contributed by atoms with Crippen LogP contribution in [0.15, 0.2) is 12.6 Å². The Morgan fingerprint density at radius 1 is 2.60 bits per heavy atom. The highest BCUT2D eigenvalue weighted by atomic mass is 16.1. The van der Waals surface area contributed by atoms with Crippen LogP contribution in [-0.2, 0) is 4.79 Å². The fourth-order valence-corrected chi connectivity index (χ4v) is 0. The molecule has 1 nitrogen and oxygen atoms in total. The summed E-state index contributed by atoms with van der Waals surface area (Å²) in [5.74, 6) is -0.537. The molecule has 0 unspecified atom stereocenters. The predicted molar refractivity (Wildman–Crippen MR) is 20.9 cm³/mol. The second kappa shape index (κ2) is 1.70. The van der Waals surface area contributed by atoms with Gasteiger partial charge in [-0.15, -0.1) is 0 Å². The van der Waals surface area contributed by atoms with Crippen molar-refractivity contribution in [2.75, 3.05) is 0 Å². The van der Waals surface area contributed by atoms with Crippen LogP contribution in [0.5, 0.6) is 0 Å². The molecule has 0 saturated carbocycles. The lowest BCUT2D eigenvalue weighted by Crippen LogP contribution is -1.74. The number of allylic oxidation sites excluding steroid dienone is 1. The third kappa shape index (κ3) is 3.41. The maximum atomic E-state index is 10.1. The van der Waals surface area contributed by atoms with Crippen LogP contribution in [-0.4, -0.2) is 5.78 Å². The van der Waals surface area contributed by atoms with Gasteiger partial charge in [-0.05, 0) is 13.0 Å². The number of hydrogen-bond acceptors (Lipinski definition) is 1. The Balaban J connectivity index is 4.23. The molecule has 0 aliphatic heterocycles. The normalized spacial score (nSPS) is 14.2. The first kappa shape index (κ1) is 1.25. The summed E-state index contributed by atoms with van der Waals surface area (Å²) in [6, 6.07) is -0.537. The Labute approximate surface area is 35.5 Å². The van der Waals surface area contributed by atoms with Crippen LogP contribution in [0.3, 0.4) is 0 Å². The third-order valence-electron chi connectivity index (χ3n) is 0.176. The predicted octanol–water partition coefficient (Wildman–Crippen LogP) is 0.761. The number of carbonyl (C=O) groups is 1. The molecule has 0 rings (SSSR count).